The fourth-order valence-electron chi connectivity index (χ4n) is 2.41. The lowest BCUT2D eigenvalue weighted by atomic mass is 9.89. The molecule has 0 radical (unpaired) electrons. The van der Waals surface area contributed by atoms with Gasteiger partial charge in [0.15, 0.2) is 0 Å². The summed E-state index contributed by atoms with van der Waals surface area (Å²) >= 11 is 0. The van der Waals surface area contributed by atoms with Crippen molar-refractivity contribution in [1.82, 2.24) is 0 Å². The van der Waals surface area contributed by atoms with E-state index in [1.807, 2.05) is 12.1 Å². The first-order valence-electron chi connectivity index (χ1n) is 7.32. The lowest BCUT2D eigenvalue weighted by molar-refractivity contribution is 0.0977. The molecule has 0 amide bonds. The number of hydrogen-bond acceptors (Lipinski definition) is 3. The maximum atomic E-state index is 9.97. The molecule has 0 aromatic heterocycles. The van der Waals surface area contributed by atoms with Gasteiger partial charge in [-0.25, -0.2) is 0 Å². The number of hydrogen-bond donors (Lipinski definition) is 1. The Morgan fingerprint density at radius 3 is 3.00 bits per heavy atom. The lowest BCUT2D eigenvalue weighted by Gasteiger charge is -2.22. The Kier molecular flexibility index (Phi) is 5.67. The largest absolute Gasteiger partial charge is 0.491 e. The zero-order chi connectivity index (χ0) is 13.5. The van der Waals surface area contributed by atoms with Crippen LogP contribution >= 0.6 is 0 Å². The van der Waals surface area contributed by atoms with Crippen LogP contribution in [0, 0.1) is 0 Å². The minimum absolute atomic E-state index is 0.326. The smallest absolute Gasteiger partial charge is 0.119 e. The van der Waals surface area contributed by atoms with Crippen LogP contribution in [-0.4, -0.2) is 24.9 Å². The van der Waals surface area contributed by atoms with Crippen molar-refractivity contribution in [3.63, 3.8) is 0 Å². The Morgan fingerprint density at radius 2 is 2.16 bits per heavy atom. The van der Waals surface area contributed by atoms with E-state index in [9.17, 15) is 5.11 Å². The van der Waals surface area contributed by atoms with Gasteiger partial charge in [-0.2, -0.15) is 0 Å². The van der Waals surface area contributed by atoms with Crippen molar-refractivity contribution in [3.05, 3.63) is 29.3 Å². The molecule has 0 saturated heterocycles. The number of fused-ring (bicyclic) bond motifs is 1. The van der Waals surface area contributed by atoms with Crippen LogP contribution in [0.25, 0.3) is 0 Å². The van der Waals surface area contributed by atoms with Gasteiger partial charge in [0.2, 0.25) is 0 Å². The second-order valence-electron chi connectivity index (χ2n) is 5.08. The van der Waals surface area contributed by atoms with Crippen molar-refractivity contribution in [3.8, 4) is 5.75 Å². The molecule has 0 unspecified atom stereocenters. The van der Waals surface area contributed by atoms with Gasteiger partial charge < -0.3 is 14.6 Å². The standard InChI is InChI=1S/C16H24O3/c1-2-3-9-18-10-11-19-14-8-7-13-5-4-6-16(17)15(13)12-14/h7-8,12,16-17H,2-6,9-11H2,1H3/t16-/m1/s1. The molecular formula is C16H24O3. The molecule has 2 rings (SSSR count). The number of rotatable bonds is 7. The van der Waals surface area contributed by atoms with E-state index in [-0.39, 0.29) is 6.10 Å². The van der Waals surface area contributed by atoms with Gasteiger partial charge in [-0.3, -0.25) is 0 Å². The molecule has 0 aliphatic heterocycles. The van der Waals surface area contributed by atoms with Crippen molar-refractivity contribution < 1.29 is 14.6 Å². The molecular weight excluding hydrogens is 240 g/mol. The highest BCUT2D eigenvalue weighted by molar-refractivity contribution is 5.38. The van der Waals surface area contributed by atoms with Crippen LogP contribution in [0.3, 0.4) is 0 Å². The average Bonchev–Trinajstić information content (AvgIpc) is 2.43. The lowest BCUT2D eigenvalue weighted by Crippen LogP contribution is -2.11. The molecule has 1 aliphatic rings. The molecule has 0 saturated carbocycles. The van der Waals surface area contributed by atoms with Crippen LogP contribution < -0.4 is 4.74 Å². The minimum Gasteiger partial charge on any atom is -0.491 e. The van der Waals surface area contributed by atoms with Crippen LogP contribution in [0.4, 0.5) is 0 Å². The number of aliphatic hydroxyl groups excluding tert-OH is 1. The topological polar surface area (TPSA) is 38.7 Å². The zero-order valence-corrected chi connectivity index (χ0v) is 11.7. The highest BCUT2D eigenvalue weighted by atomic mass is 16.5. The SMILES string of the molecule is CCCCOCCOc1ccc2c(c1)[C@H](O)CCC2. The molecule has 3 heteroatoms. The third-order valence-electron chi connectivity index (χ3n) is 3.54. The Labute approximate surface area is 115 Å². The Morgan fingerprint density at radius 1 is 1.26 bits per heavy atom. The molecule has 1 aliphatic carbocycles. The van der Waals surface area contributed by atoms with Gasteiger partial charge in [0, 0.05) is 6.61 Å². The van der Waals surface area contributed by atoms with Crippen molar-refractivity contribution in [1.29, 1.82) is 0 Å². The number of aliphatic hydroxyl groups is 1. The normalized spacial score (nSPS) is 18.1. The van der Waals surface area contributed by atoms with E-state index in [1.165, 1.54) is 5.56 Å². The molecule has 1 aromatic carbocycles. The van der Waals surface area contributed by atoms with Crippen LogP contribution in [0.5, 0.6) is 5.75 Å². The van der Waals surface area contributed by atoms with Gasteiger partial charge in [-0.15, -0.1) is 0 Å². The van der Waals surface area contributed by atoms with Gasteiger partial charge >= 0.3 is 0 Å². The van der Waals surface area contributed by atoms with Gasteiger partial charge in [0.1, 0.15) is 12.4 Å². The van der Waals surface area contributed by atoms with Gasteiger partial charge in [-0.1, -0.05) is 19.4 Å². The van der Waals surface area contributed by atoms with Crippen molar-refractivity contribution in [2.24, 2.45) is 0 Å². The van der Waals surface area contributed by atoms with E-state index < -0.39 is 0 Å². The quantitative estimate of drug-likeness (QED) is 0.768. The predicted octanol–water partition coefficient (Wildman–Crippen LogP) is 3.25. The summed E-state index contributed by atoms with van der Waals surface area (Å²) in [6, 6.07) is 6.04. The fourth-order valence-corrected chi connectivity index (χ4v) is 2.41. The monoisotopic (exact) mass is 264 g/mol. The fraction of sp³-hybridized carbons (Fsp3) is 0.625. The Bertz CT molecular complexity index is 390. The highest BCUT2D eigenvalue weighted by Gasteiger charge is 2.18. The summed E-state index contributed by atoms with van der Waals surface area (Å²) in [4.78, 5) is 0. The van der Waals surface area contributed by atoms with Crippen molar-refractivity contribution in [2.75, 3.05) is 19.8 Å². The van der Waals surface area contributed by atoms with Gasteiger partial charge in [0.05, 0.1) is 12.7 Å². The first kappa shape index (κ1) is 14.4. The molecule has 3 nitrogen and oxygen atoms in total. The summed E-state index contributed by atoms with van der Waals surface area (Å²) in [6.45, 7) is 4.15. The maximum absolute atomic E-state index is 9.97. The van der Waals surface area contributed by atoms with Gasteiger partial charge in [-0.05, 0) is 48.9 Å². The first-order chi connectivity index (χ1) is 9.31. The maximum Gasteiger partial charge on any atom is 0.119 e. The molecule has 0 heterocycles. The number of unbranched alkanes of at least 4 members (excludes halogenated alkanes) is 1. The summed E-state index contributed by atoms with van der Waals surface area (Å²) in [5, 5.41) is 9.97. The van der Waals surface area contributed by atoms with Crippen LogP contribution in [0.15, 0.2) is 18.2 Å². The molecule has 1 N–H and O–H groups in total. The van der Waals surface area contributed by atoms with E-state index >= 15 is 0 Å². The highest BCUT2D eigenvalue weighted by Crippen LogP contribution is 2.32. The van der Waals surface area contributed by atoms with Crippen LogP contribution in [0.2, 0.25) is 0 Å². The third-order valence-corrected chi connectivity index (χ3v) is 3.54. The predicted molar refractivity (Wildman–Crippen MR) is 75.6 cm³/mol. The summed E-state index contributed by atoms with van der Waals surface area (Å²) < 4.78 is 11.1. The Hall–Kier alpha value is -1.06. The second kappa shape index (κ2) is 7.51. The van der Waals surface area contributed by atoms with Crippen molar-refractivity contribution in [2.45, 2.75) is 45.1 Å². The molecule has 0 spiro atoms. The molecule has 1 atom stereocenters. The Balaban J connectivity index is 1.79. The molecule has 1 aromatic rings. The second-order valence-corrected chi connectivity index (χ2v) is 5.08. The third kappa shape index (κ3) is 4.22. The molecule has 19 heavy (non-hydrogen) atoms. The van der Waals surface area contributed by atoms with E-state index in [4.69, 9.17) is 9.47 Å². The summed E-state index contributed by atoms with van der Waals surface area (Å²) in [6.07, 6.45) is 4.92. The summed E-state index contributed by atoms with van der Waals surface area (Å²) in [5.41, 5.74) is 2.29. The van der Waals surface area contributed by atoms with Crippen LogP contribution in [-0.2, 0) is 11.2 Å². The molecule has 106 valence electrons. The van der Waals surface area contributed by atoms with E-state index in [2.05, 4.69) is 13.0 Å². The number of aryl methyl sites for hydroxylation is 1. The zero-order valence-electron chi connectivity index (χ0n) is 11.7. The van der Waals surface area contributed by atoms with Gasteiger partial charge in [0.25, 0.3) is 0 Å². The van der Waals surface area contributed by atoms with Crippen LogP contribution in [0.1, 0.15) is 49.8 Å². The summed E-state index contributed by atoms with van der Waals surface area (Å²) in [7, 11) is 0. The minimum atomic E-state index is -0.326. The first-order valence-corrected chi connectivity index (χ1v) is 7.32. The number of benzene rings is 1. The van der Waals surface area contributed by atoms with Crippen molar-refractivity contribution >= 4 is 0 Å². The number of ether oxygens (including phenoxy) is 2. The average molecular weight is 264 g/mol. The molecule has 0 bridgehead atoms. The van der Waals surface area contributed by atoms with E-state index in [0.717, 1.165) is 50.0 Å². The van der Waals surface area contributed by atoms with E-state index in [1.54, 1.807) is 0 Å². The summed E-state index contributed by atoms with van der Waals surface area (Å²) in [5.74, 6) is 0.832. The molecule has 0 fully saturated rings. The van der Waals surface area contributed by atoms with E-state index in [0.29, 0.717) is 13.2 Å².